The fraction of sp³-hybridized carbons (Fsp3) is 0.233. The molecule has 1 fully saturated rings. The van der Waals surface area contributed by atoms with E-state index in [4.69, 9.17) is 4.78 Å². The minimum Gasteiger partial charge on any atom is -0.394 e. The predicted molar refractivity (Wildman–Crippen MR) is 158 cm³/mol. The van der Waals surface area contributed by atoms with Crippen molar-refractivity contribution in [1.82, 2.24) is 9.97 Å². The Bertz CT molecular complexity index is 1600. The van der Waals surface area contributed by atoms with Gasteiger partial charge < -0.3 is 21.1 Å². The van der Waals surface area contributed by atoms with Crippen LogP contribution >= 0.6 is 0 Å². The van der Waals surface area contributed by atoms with Crippen LogP contribution in [0.1, 0.15) is 25.3 Å². The molecule has 0 spiro atoms. The maximum absolute atomic E-state index is 13.1. The third-order valence-corrected chi connectivity index (χ3v) is 8.14. The van der Waals surface area contributed by atoms with Gasteiger partial charge in [0.25, 0.3) is 0 Å². The molecular weight excluding hydrogens is 524 g/mol. The van der Waals surface area contributed by atoms with E-state index in [1.807, 2.05) is 61.5 Å². The van der Waals surface area contributed by atoms with Gasteiger partial charge in [0.05, 0.1) is 21.8 Å². The summed E-state index contributed by atoms with van der Waals surface area (Å²) in [5.41, 5.74) is 3.57. The molecule has 3 aromatic carbocycles. The van der Waals surface area contributed by atoms with Crippen molar-refractivity contribution in [1.29, 1.82) is 4.78 Å². The van der Waals surface area contributed by atoms with Crippen molar-refractivity contribution in [3.8, 4) is 11.1 Å². The fourth-order valence-corrected chi connectivity index (χ4v) is 5.14. The fourth-order valence-electron chi connectivity index (χ4n) is 4.48. The Balaban J connectivity index is 1.35. The molecule has 5 rings (SSSR count). The number of benzene rings is 3. The van der Waals surface area contributed by atoms with Gasteiger partial charge in [-0.05, 0) is 67.3 Å². The van der Waals surface area contributed by atoms with Crippen LogP contribution in [0.2, 0.25) is 0 Å². The summed E-state index contributed by atoms with van der Waals surface area (Å²) in [7, 11) is -2.79. The summed E-state index contributed by atoms with van der Waals surface area (Å²) in [6.45, 7) is 1.77. The van der Waals surface area contributed by atoms with Crippen LogP contribution < -0.4 is 16.0 Å². The van der Waals surface area contributed by atoms with Crippen LogP contribution in [0, 0.1) is 4.78 Å². The van der Waals surface area contributed by atoms with Gasteiger partial charge in [-0.2, -0.15) is 4.98 Å². The molecule has 206 valence electrons. The van der Waals surface area contributed by atoms with E-state index >= 15 is 0 Å². The van der Waals surface area contributed by atoms with Crippen LogP contribution in [0.5, 0.6) is 0 Å². The largest absolute Gasteiger partial charge is 0.394 e. The second-order valence-electron chi connectivity index (χ2n) is 10.2. The number of aliphatic hydroxyl groups is 1. The van der Waals surface area contributed by atoms with Gasteiger partial charge in [0.1, 0.15) is 5.82 Å². The van der Waals surface area contributed by atoms with Gasteiger partial charge in [0, 0.05) is 40.3 Å². The van der Waals surface area contributed by atoms with Crippen LogP contribution in [-0.4, -0.2) is 44.1 Å². The Morgan fingerprint density at radius 2 is 1.68 bits per heavy atom. The molecule has 0 radical (unpaired) electrons. The van der Waals surface area contributed by atoms with Crippen molar-refractivity contribution in [2.24, 2.45) is 0 Å². The van der Waals surface area contributed by atoms with Crippen LogP contribution in [0.25, 0.3) is 11.1 Å². The number of hydrogen-bond donors (Lipinski definition) is 5. The Labute approximate surface area is 234 Å². The third kappa shape index (κ3) is 5.98. The number of hydrogen-bond acceptors (Lipinski definition) is 8. The van der Waals surface area contributed by atoms with Gasteiger partial charge in [-0.25, -0.2) is 14.0 Å². The van der Waals surface area contributed by atoms with Crippen LogP contribution in [-0.2, 0) is 19.9 Å². The molecular formula is C30H32N6O3S. The molecule has 1 amide bonds. The molecule has 2 unspecified atom stereocenters. The number of nitrogens with one attached hydrogen (secondary N) is 4. The van der Waals surface area contributed by atoms with E-state index in [-0.39, 0.29) is 18.6 Å². The van der Waals surface area contributed by atoms with Crippen LogP contribution in [0.15, 0.2) is 90.0 Å². The topological polar surface area (TPSA) is 140 Å². The Kier molecular flexibility index (Phi) is 7.55. The van der Waals surface area contributed by atoms with Crippen molar-refractivity contribution >= 4 is 38.8 Å². The summed E-state index contributed by atoms with van der Waals surface area (Å²) in [4.78, 5) is 22.7. The monoisotopic (exact) mass is 556 g/mol. The SMILES string of the molecule is CC(CO)Nc1nc(Nc2ccc(S(C)(=N)=O)cc2)ncc1-c1ccc(NC(=O)C2(c3ccccc3)CC2)cc1. The van der Waals surface area contributed by atoms with E-state index < -0.39 is 15.1 Å². The zero-order valence-corrected chi connectivity index (χ0v) is 23.2. The minimum atomic E-state index is -2.79. The molecule has 0 saturated heterocycles. The van der Waals surface area contributed by atoms with Crippen molar-refractivity contribution in [3.63, 3.8) is 0 Å². The Morgan fingerprint density at radius 1 is 1.02 bits per heavy atom. The summed E-state index contributed by atoms with van der Waals surface area (Å²) in [6.07, 6.45) is 4.75. The third-order valence-electron chi connectivity index (χ3n) is 6.97. The standard InChI is InChI=1S/C30H32N6O3S/c1-20(19-37)33-27-26(18-32-29(36-27)35-24-12-14-25(15-13-24)40(2,31)39)21-8-10-23(11-9-21)34-28(38)30(16-17-30)22-6-4-3-5-7-22/h3-15,18,20,31,37H,16-17,19H2,1-2H3,(H,34,38)(H2,32,33,35,36). The average Bonchev–Trinajstić information content (AvgIpc) is 3.76. The van der Waals surface area contributed by atoms with Gasteiger partial charge in [0.15, 0.2) is 0 Å². The molecule has 0 bridgehead atoms. The van der Waals surface area contributed by atoms with Gasteiger partial charge >= 0.3 is 0 Å². The van der Waals surface area contributed by atoms with Crippen molar-refractivity contribution in [3.05, 3.63) is 90.6 Å². The molecule has 2 atom stereocenters. The smallest absolute Gasteiger partial charge is 0.235 e. The first-order valence-electron chi connectivity index (χ1n) is 13.0. The molecule has 5 N–H and O–H groups in total. The number of aliphatic hydroxyl groups excluding tert-OH is 1. The van der Waals surface area contributed by atoms with Gasteiger partial charge in [-0.1, -0.05) is 42.5 Å². The van der Waals surface area contributed by atoms with Gasteiger partial charge in [-0.3, -0.25) is 4.79 Å². The highest BCUT2D eigenvalue weighted by Crippen LogP contribution is 2.49. The van der Waals surface area contributed by atoms with E-state index in [0.717, 1.165) is 29.5 Å². The van der Waals surface area contributed by atoms with E-state index in [1.54, 1.807) is 30.5 Å². The lowest BCUT2D eigenvalue weighted by Gasteiger charge is -2.18. The molecule has 9 nitrogen and oxygen atoms in total. The number of anilines is 4. The summed E-state index contributed by atoms with van der Waals surface area (Å²) < 4.78 is 19.7. The molecule has 40 heavy (non-hydrogen) atoms. The van der Waals surface area contributed by atoms with Crippen LogP contribution in [0.4, 0.5) is 23.1 Å². The van der Waals surface area contributed by atoms with E-state index in [0.29, 0.717) is 28.0 Å². The van der Waals surface area contributed by atoms with E-state index in [2.05, 4.69) is 25.9 Å². The molecule has 1 aliphatic rings. The molecule has 1 heterocycles. The quantitative estimate of drug-likeness (QED) is 0.176. The Morgan fingerprint density at radius 3 is 2.27 bits per heavy atom. The molecule has 1 aliphatic carbocycles. The molecule has 1 aromatic heterocycles. The maximum Gasteiger partial charge on any atom is 0.235 e. The molecule has 0 aliphatic heterocycles. The first-order valence-corrected chi connectivity index (χ1v) is 15.0. The first kappa shape index (κ1) is 27.3. The van der Waals surface area contributed by atoms with Gasteiger partial charge in [0.2, 0.25) is 11.9 Å². The highest BCUT2D eigenvalue weighted by Gasteiger charge is 2.51. The maximum atomic E-state index is 13.1. The second kappa shape index (κ2) is 11.1. The average molecular weight is 557 g/mol. The lowest BCUT2D eigenvalue weighted by Crippen LogP contribution is -2.27. The highest BCUT2D eigenvalue weighted by atomic mass is 32.2. The summed E-state index contributed by atoms with van der Waals surface area (Å²) >= 11 is 0. The first-order chi connectivity index (χ1) is 19.2. The summed E-state index contributed by atoms with van der Waals surface area (Å²) in [5, 5.41) is 19.1. The normalized spacial score (nSPS) is 15.9. The minimum absolute atomic E-state index is 0.00128. The zero-order valence-electron chi connectivity index (χ0n) is 22.3. The number of rotatable bonds is 10. The number of nitrogens with zero attached hydrogens (tertiary/aromatic N) is 2. The number of carbonyl (C=O) groups excluding carboxylic acids is 1. The van der Waals surface area contributed by atoms with Crippen LogP contribution in [0.3, 0.4) is 0 Å². The summed E-state index contributed by atoms with van der Waals surface area (Å²) in [5.74, 6) is 0.879. The summed E-state index contributed by atoms with van der Waals surface area (Å²) in [6, 6.07) is 23.9. The van der Waals surface area contributed by atoms with E-state index in [1.165, 1.54) is 6.26 Å². The van der Waals surface area contributed by atoms with Gasteiger partial charge in [-0.15, -0.1) is 0 Å². The van der Waals surface area contributed by atoms with Crippen molar-refractivity contribution < 1.29 is 14.1 Å². The lowest BCUT2D eigenvalue weighted by molar-refractivity contribution is -0.118. The van der Waals surface area contributed by atoms with Crippen molar-refractivity contribution in [2.45, 2.75) is 36.1 Å². The second-order valence-corrected chi connectivity index (χ2v) is 12.3. The number of aromatic nitrogens is 2. The predicted octanol–water partition coefficient (Wildman–Crippen LogP) is 5.39. The lowest BCUT2D eigenvalue weighted by atomic mass is 9.95. The van der Waals surface area contributed by atoms with Crippen molar-refractivity contribution in [2.75, 3.05) is 28.8 Å². The van der Waals surface area contributed by atoms with E-state index in [9.17, 15) is 14.1 Å². The zero-order chi connectivity index (χ0) is 28.3. The molecule has 1 saturated carbocycles. The molecule has 10 heteroatoms. The highest BCUT2D eigenvalue weighted by molar-refractivity contribution is 7.91. The molecule has 4 aromatic rings. The number of amides is 1. The Hall–Kier alpha value is -4.28. The number of carbonyl (C=O) groups is 1.